The standard InChI is InChI=1S/C12H13N3O3/c1-15(6-11(16)18-2)12(17)8-3-4-9-10(5-8)14-7-13-9/h3-5,7H,6H2,1-2H3,(H,13,14). The van der Waals surface area contributed by atoms with E-state index in [1.165, 1.54) is 12.0 Å². The van der Waals surface area contributed by atoms with Crippen molar-refractivity contribution in [2.24, 2.45) is 0 Å². The summed E-state index contributed by atoms with van der Waals surface area (Å²) in [6.45, 7) is -0.0731. The first-order valence-corrected chi connectivity index (χ1v) is 5.37. The number of carbonyl (C=O) groups is 2. The number of methoxy groups -OCH3 is 1. The largest absolute Gasteiger partial charge is 0.468 e. The van der Waals surface area contributed by atoms with Crippen LogP contribution in [0.1, 0.15) is 10.4 Å². The number of fused-ring (bicyclic) bond motifs is 1. The van der Waals surface area contributed by atoms with Gasteiger partial charge in [0.2, 0.25) is 0 Å². The lowest BCUT2D eigenvalue weighted by atomic mass is 10.2. The van der Waals surface area contributed by atoms with E-state index in [2.05, 4.69) is 14.7 Å². The fraction of sp³-hybridized carbons (Fsp3) is 0.250. The van der Waals surface area contributed by atoms with Gasteiger partial charge >= 0.3 is 5.97 Å². The Morgan fingerprint density at radius 2 is 2.22 bits per heavy atom. The van der Waals surface area contributed by atoms with Crippen molar-refractivity contribution in [3.05, 3.63) is 30.1 Å². The number of hydrogen-bond donors (Lipinski definition) is 1. The maximum Gasteiger partial charge on any atom is 0.325 e. The number of H-pyrrole nitrogens is 1. The normalized spacial score (nSPS) is 10.3. The lowest BCUT2D eigenvalue weighted by Crippen LogP contribution is -2.32. The van der Waals surface area contributed by atoms with Gasteiger partial charge in [-0.15, -0.1) is 0 Å². The van der Waals surface area contributed by atoms with Crippen LogP contribution in [0.2, 0.25) is 0 Å². The highest BCUT2D eigenvalue weighted by molar-refractivity contribution is 5.98. The summed E-state index contributed by atoms with van der Waals surface area (Å²) in [4.78, 5) is 31.5. The van der Waals surface area contributed by atoms with E-state index in [0.717, 1.165) is 11.0 Å². The van der Waals surface area contributed by atoms with Crippen molar-refractivity contribution in [1.29, 1.82) is 0 Å². The van der Waals surface area contributed by atoms with E-state index in [9.17, 15) is 9.59 Å². The Morgan fingerprint density at radius 1 is 1.44 bits per heavy atom. The third-order valence-electron chi connectivity index (χ3n) is 2.61. The van der Waals surface area contributed by atoms with Gasteiger partial charge in [-0.05, 0) is 18.2 Å². The third-order valence-corrected chi connectivity index (χ3v) is 2.61. The van der Waals surface area contributed by atoms with Crippen molar-refractivity contribution in [3.63, 3.8) is 0 Å². The molecule has 0 saturated carbocycles. The Hall–Kier alpha value is -2.37. The summed E-state index contributed by atoms with van der Waals surface area (Å²) in [6.07, 6.45) is 1.57. The van der Waals surface area contributed by atoms with Crippen LogP contribution in [0.25, 0.3) is 11.0 Å². The van der Waals surface area contributed by atoms with Crippen molar-refractivity contribution in [1.82, 2.24) is 14.9 Å². The summed E-state index contributed by atoms with van der Waals surface area (Å²) in [5.74, 6) is -0.689. The van der Waals surface area contributed by atoms with Crippen LogP contribution in [0.15, 0.2) is 24.5 Å². The molecule has 1 N–H and O–H groups in total. The SMILES string of the molecule is COC(=O)CN(C)C(=O)c1ccc2nc[nH]c2c1. The molecule has 0 saturated heterocycles. The molecule has 1 amide bonds. The number of amides is 1. The Labute approximate surface area is 104 Å². The first-order valence-electron chi connectivity index (χ1n) is 5.37. The minimum atomic E-state index is -0.450. The number of benzene rings is 1. The molecule has 0 bridgehead atoms. The average molecular weight is 247 g/mol. The molecule has 0 aliphatic heterocycles. The molecule has 2 aromatic rings. The molecular formula is C12H13N3O3. The summed E-state index contributed by atoms with van der Waals surface area (Å²) in [7, 11) is 2.84. The van der Waals surface area contributed by atoms with Crippen molar-refractivity contribution in [2.75, 3.05) is 20.7 Å². The van der Waals surface area contributed by atoms with Gasteiger partial charge in [-0.3, -0.25) is 9.59 Å². The lowest BCUT2D eigenvalue weighted by Gasteiger charge is -2.15. The number of rotatable bonds is 3. The highest BCUT2D eigenvalue weighted by atomic mass is 16.5. The molecule has 0 unspecified atom stereocenters. The van der Waals surface area contributed by atoms with Crippen LogP contribution in [-0.2, 0) is 9.53 Å². The summed E-state index contributed by atoms with van der Waals surface area (Å²) in [5, 5.41) is 0. The second-order valence-electron chi connectivity index (χ2n) is 3.87. The molecule has 94 valence electrons. The Morgan fingerprint density at radius 3 is 2.94 bits per heavy atom. The molecule has 6 heteroatoms. The number of nitrogens with one attached hydrogen (secondary N) is 1. The van der Waals surface area contributed by atoms with Crippen LogP contribution < -0.4 is 0 Å². The number of likely N-dealkylation sites (N-methyl/N-ethyl adjacent to an activating group) is 1. The minimum Gasteiger partial charge on any atom is -0.468 e. The summed E-state index contributed by atoms with van der Waals surface area (Å²) in [6, 6.07) is 5.14. The zero-order chi connectivity index (χ0) is 13.1. The predicted molar refractivity (Wildman–Crippen MR) is 65.1 cm³/mol. The van der Waals surface area contributed by atoms with Crippen molar-refractivity contribution >= 4 is 22.9 Å². The van der Waals surface area contributed by atoms with E-state index < -0.39 is 5.97 Å². The molecule has 0 aliphatic carbocycles. The van der Waals surface area contributed by atoms with Gasteiger partial charge in [0.1, 0.15) is 6.54 Å². The number of hydrogen-bond acceptors (Lipinski definition) is 4. The fourth-order valence-electron chi connectivity index (χ4n) is 1.62. The van der Waals surface area contributed by atoms with Crippen LogP contribution in [0, 0.1) is 0 Å². The summed E-state index contributed by atoms with van der Waals surface area (Å²) in [5.41, 5.74) is 2.08. The van der Waals surface area contributed by atoms with Crippen molar-refractivity contribution < 1.29 is 14.3 Å². The van der Waals surface area contributed by atoms with Gasteiger partial charge in [0, 0.05) is 12.6 Å². The van der Waals surface area contributed by atoms with E-state index >= 15 is 0 Å². The number of esters is 1. The Bertz CT molecular complexity index is 591. The number of aromatic amines is 1. The minimum absolute atomic E-state index is 0.0731. The molecule has 0 atom stereocenters. The Kier molecular flexibility index (Phi) is 3.27. The number of carbonyl (C=O) groups excluding carboxylic acids is 2. The molecule has 1 heterocycles. The van der Waals surface area contributed by atoms with Gasteiger partial charge in [0.15, 0.2) is 0 Å². The van der Waals surface area contributed by atoms with E-state index in [0.29, 0.717) is 5.56 Å². The van der Waals surface area contributed by atoms with E-state index in [1.807, 2.05) is 0 Å². The first kappa shape index (κ1) is 12.1. The fourth-order valence-corrected chi connectivity index (χ4v) is 1.62. The number of aromatic nitrogens is 2. The van der Waals surface area contributed by atoms with Gasteiger partial charge < -0.3 is 14.6 Å². The van der Waals surface area contributed by atoms with Crippen LogP contribution in [0.5, 0.6) is 0 Å². The van der Waals surface area contributed by atoms with Crippen LogP contribution in [0.3, 0.4) is 0 Å². The van der Waals surface area contributed by atoms with Gasteiger partial charge in [-0.2, -0.15) is 0 Å². The number of imidazole rings is 1. The molecule has 1 aromatic heterocycles. The smallest absolute Gasteiger partial charge is 0.325 e. The number of nitrogens with zero attached hydrogens (tertiary/aromatic N) is 2. The van der Waals surface area contributed by atoms with Gasteiger partial charge in [-0.25, -0.2) is 4.98 Å². The van der Waals surface area contributed by atoms with Gasteiger partial charge in [-0.1, -0.05) is 0 Å². The first-order chi connectivity index (χ1) is 8.61. The maximum absolute atomic E-state index is 12.0. The van der Waals surface area contributed by atoms with Gasteiger partial charge in [0.25, 0.3) is 5.91 Å². The molecule has 0 aliphatic rings. The highest BCUT2D eigenvalue weighted by Gasteiger charge is 2.15. The van der Waals surface area contributed by atoms with Crippen LogP contribution in [0.4, 0.5) is 0 Å². The van der Waals surface area contributed by atoms with Crippen LogP contribution in [-0.4, -0.2) is 47.4 Å². The molecule has 0 fully saturated rings. The predicted octanol–water partition coefficient (Wildman–Crippen LogP) is 0.808. The van der Waals surface area contributed by atoms with Gasteiger partial charge in [0.05, 0.1) is 24.5 Å². The third kappa shape index (κ3) is 2.32. The zero-order valence-corrected chi connectivity index (χ0v) is 10.1. The molecule has 6 nitrogen and oxygen atoms in total. The van der Waals surface area contributed by atoms with Crippen molar-refractivity contribution in [3.8, 4) is 0 Å². The van der Waals surface area contributed by atoms with E-state index in [-0.39, 0.29) is 12.5 Å². The lowest BCUT2D eigenvalue weighted by molar-refractivity contribution is -0.141. The second-order valence-corrected chi connectivity index (χ2v) is 3.87. The Balaban J connectivity index is 2.19. The monoisotopic (exact) mass is 247 g/mol. The second kappa shape index (κ2) is 4.87. The molecular weight excluding hydrogens is 234 g/mol. The van der Waals surface area contributed by atoms with E-state index in [4.69, 9.17) is 0 Å². The van der Waals surface area contributed by atoms with Crippen LogP contribution >= 0.6 is 0 Å². The molecule has 0 radical (unpaired) electrons. The summed E-state index contributed by atoms with van der Waals surface area (Å²) >= 11 is 0. The zero-order valence-electron chi connectivity index (χ0n) is 10.1. The van der Waals surface area contributed by atoms with Crippen molar-refractivity contribution in [2.45, 2.75) is 0 Å². The maximum atomic E-state index is 12.0. The average Bonchev–Trinajstić information content (AvgIpc) is 2.84. The summed E-state index contributed by atoms with van der Waals surface area (Å²) < 4.78 is 4.52. The molecule has 2 rings (SSSR count). The number of ether oxygens (including phenoxy) is 1. The highest BCUT2D eigenvalue weighted by Crippen LogP contribution is 2.13. The molecule has 0 spiro atoms. The quantitative estimate of drug-likeness (QED) is 0.814. The van der Waals surface area contributed by atoms with E-state index in [1.54, 1.807) is 31.6 Å². The topological polar surface area (TPSA) is 75.3 Å². The molecule has 1 aromatic carbocycles. The molecule has 18 heavy (non-hydrogen) atoms.